The van der Waals surface area contributed by atoms with E-state index >= 15 is 0 Å². The molecule has 0 radical (unpaired) electrons. The Balaban J connectivity index is 2.79. The van der Waals surface area contributed by atoms with Gasteiger partial charge in [0.1, 0.15) is 6.10 Å². The van der Waals surface area contributed by atoms with E-state index in [4.69, 9.17) is 4.74 Å². The summed E-state index contributed by atoms with van der Waals surface area (Å²) in [6.45, 7) is 3.67. The molecule has 1 unspecified atom stereocenters. The number of carbonyl (C=O) groups is 2. The molecule has 0 aromatic heterocycles. The predicted molar refractivity (Wildman–Crippen MR) is 51.8 cm³/mol. The van der Waals surface area contributed by atoms with Crippen LogP contribution in [0.2, 0.25) is 0 Å². The zero-order chi connectivity index (χ0) is 10.6. The first-order valence-corrected chi connectivity index (χ1v) is 4.36. The third kappa shape index (κ3) is 2.42. The SMILES string of the molecule is Cc1ccccc1C(C)OC(=O)C=O. The van der Waals surface area contributed by atoms with Crippen LogP contribution in [0.15, 0.2) is 24.3 Å². The normalized spacial score (nSPS) is 11.9. The van der Waals surface area contributed by atoms with E-state index in [1.54, 1.807) is 6.92 Å². The number of esters is 1. The van der Waals surface area contributed by atoms with Crippen LogP contribution in [0.1, 0.15) is 24.2 Å². The Bertz CT molecular complexity index is 344. The molecule has 1 rings (SSSR count). The zero-order valence-corrected chi connectivity index (χ0v) is 8.19. The third-order valence-electron chi connectivity index (χ3n) is 2.02. The second-order valence-corrected chi connectivity index (χ2v) is 3.05. The molecular formula is C11H12O3. The fraction of sp³-hybridized carbons (Fsp3) is 0.273. The van der Waals surface area contributed by atoms with Crippen molar-refractivity contribution in [2.24, 2.45) is 0 Å². The van der Waals surface area contributed by atoms with Crippen molar-refractivity contribution in [2.45, 2.75) is 20.0 Å². The Labute approximate surface area is 82.7 Å². The molecule has 0 amide bonds. The Morgan fingerprint density at radius 1 is 1.43 bits per heavy atom. The summed E-state index contributed by atoms with van der Waals surface area (Å²) in [4.78, 5) is 20.8. The van der Waals surface area contributed by atoms with Crippen LogP contribution in [0.5, 0.6) is 0 Å². The molecule has 0 saturated carbocycles. The van der Waals surface area contributed by atoms with Crippen molar-refractivity contribution in [1.29, 1.82) is 0 Å². The van der Waals surface area contributed by atoms with Crippen LogP contribution in [-0.2, 0) is 14.3 Å². The molecule has 3 nitrogen and oxygen atoms in total. The molecule has 0 aliphatic rings. The monoisotopic (exact) mass is 192 g/mol. The highest BCUT2D eigenvalue weighted by Crippen LogP contribution is 2.19. The van der Waals surface area contributed by atoms with Gasteiger partial charge in [0.15, 0.2) is 0 Å². The number of aldehydes is 1. The van der Waals surface area contributed by atoms with Crippen molar-refractivity contribution >= 4 is 12.3 Å². The van der Waals surface area contributed by atoms with Gasteiger partial charge in [0, 0.05) is 0 Å². The minimum atomic E-state index is -0.833. The average molecular weight is 192 g/mol. The molecule has 0 aliphatic carbocycles. The number of hydrogen-bond donors (Lipinski definition) is 0. The molecule has 1 atom stereocenters. The molecule has 0 heterocycles. The van der Waals surface area contributed by atoms with Crippen LogP contribution in [-0.4, -0.2) is 12.3 Å². The molecule has 3 heteroatoms. The van der Waals surface area contributed by atoms with Crippen LogP contribution in [0.25, 0.3) is 0 Å². The molecule has 0 bridgehead atoms. The molecule has 0 fully saturated rings. The Morgan fingerprint density at radius 2 is 2.07 bits per heavy atom. The van der Waals surface area contributed by atoms with Crippen molar-refractivity contribution in [3.8, 4) is 0 Å². The van der Waals surface area contributed by atoms with Crippen LogP contribution in [0, 0.1) is 6.92 Å². The summed E-state index contributed by atoms with van der Waals surface area (Å²) < 4.78 is 4.86. The van der Waals surface area contributed by atoms with E-state index in [1.807, 2.05) is 31.2 Å². The van der Waals surface area contributed by atoms with Gasteiger partial charge in [-0.15, -0.1) is 0 Å². The molecule has 0 N–H and O–H groups in total. The quantitative estimate of drug-likeness (QED) is 0.416. The molecule has 74 valence electrons. The van der Waals surface area contributed by atoms with Gasteiger partial charge in [-0.05, 0) is 25.0 Å². The van der Waals surface area contributed by atoms with Crippen LogP contribution in [0.4, 0.5) is 0 Å². The van der Waals surface area contributed by atoms with Crippen LogP contribution < -0.4 is 0 Å². The van der Waals surface area contributed by atoms with E-state index in [0.29, 0.717) is 0 Å². The fourth-order valence-electron chi connectivity index (χ4n) is 1.31. The summed E-state index contributed by atoms with van der Waals surface area (Å²) in [5, 5.41) is 0. The van der Waals surface area contributed by atoms with Gasteiger partial charge in [0.25, 0.3) is 0 Å². The van der Waals surface area contributed by atoms with E-state index in [1.165, 1.54) is 0 Å². The Hall–Kier alpha value is -1.64. The lowest BCUT2D eigenvalue weighted by Crippen LogP contribution is -2.10. The van der Waals surface area contributed by atoms with Gasteiger partial charge in [-0.2, -0.15) is 0 Å². The number of rotatable bonds is 3. The van der Waals surface area contributed by atoms with Gasteiger partial charge in [0.05, 0.1) is 0 Å². The highest BCUT2D eigenvalue weighted by atomic mass is 16.5. The summed E-state index contributed by atoms with van der Waals surface area (Å²) in [6, 6.07) is 7.58. The summed E-state index contributed by atoms with van der Waals surface area (Å²) in [5.74, 6) is -0.833. The van der Waals surface area contributed by atoms with Crippen molar-refractivity contribution in [2.75, 3.05) is 0 Å². The van der Waals surface area contributed by atoms with Crippen molar-refractivity contribution in [3.05, 3.63) is 35.4 Å². The van der Waals surface area contributed by atoms with Gasteiger partial charge in [-0.3, -0.25) is 4.79 Å². The van der Waals surface area contributed by atoms with E-state index in [-0.39, 0.29) is 12.4 Å². The van der Waals surface area contributed by atoms with Gasteiger partial charge in [-0.25, -0.2) is 4.79 Å². The maximum Gasteiger partial charge on any atom is 0.371 e. The lowest BCUT2D eigenvalue weighted by molar-refractivity contribution is -0.152. The predicted octanol–water partition coefficient (Wildman–Crippen LogP) is 1.80. The van der Waals surface area contributed by atoms with Crippen molar-refractivity contribution in [1.82, 2.24) is 0 Å². The number of aryl methyl sites for hydroxylation is 1. The molecule has 1 aromatic carbocycles. The van der Waals surface area contributed by atoms with Gasteiger partial charge in [-0.1, -0.05) is 24.3 Å². The van der Waals surface area contributed by atoms with Crippen molar-refractivity contribution < 1.29 is 14.3 Å². The second kappa shape index (κ2) is 4.56. The van der Waals surface area contributed by atoms with Crippen LogP contribution >= 0.6 is 0 Å². The largest absolute Gasteiger partial charge is 0.452 e. The fourth-order valence-corrected chi connectivity index (χ4v) is 1.31. The summed E-state index contributed by atoms with van der Waals surface area (Å²) in [5.41, 5.74) is 1.96. The lowest BCUT2D eigenvalue weighted by Gasteiger charge is -2.13. The van der Waals surface area contributed by atoms with Crippen molar-refractivity contribution in [3.63, 3.8) is 0 Å². The molecule has 0 saturated heterocycles. The number of benzene rings is 1. The summed E-state index contributed by atoms with van der Waals surface area (Å²) in [6.07, 6.45) is -0.205. The Kier molecular flexibility index (Phi) is 3.40. The number of ether oxygens (including phenoxy) is 1. The zero-order valence-electron chi connectivity index (χ0n) is 8.19. The standard InChI is InChI=1S/C11H12O3/c1-8-5-3-4-6-10(8)9(2)14-11(13)7-12/h3-7,9H,1-2H3. The van der Waals surface area contributed by atoms with E-state index in [0.717, 1.165) is 11.1 Å². The number of carbonyl (C=O) groups excluding carboxylic acids is 2. The smallest absolute Gasteiger partial charge is 0.371 e. The molecule has 14 heavy (non-hydrogen) atoms. The second-order valence-electron chi connectivity index (χ2n) is 3.05. The molecule has 0 spiro atoms. The van der Waals surface area contributed by atoms with Gasteiger partial charge >= 0.3 is 5.97 Å². The first kappa shape index (κ1) is 10.4. The maximum atomic E-state index is 10.7. The molecule has 1 aromatic rings. The van der Waals surface area contributed by atoms with E-state index in [2.05, 4.69) is 0 Å². The highest BCUT2D eigenvalue weighted by Gasteiger charge is 2.11. The number of hydrogen-bond acceptors (Lipinski definition) is 3. The highest BCUT2D eigenvalue weighted by molar-refractivity contribution is 6.20. The first-order valence-electron chi connectivity index (χ1n) is 4.36. The van der Waals surface area contributed by atoms with E-state index in [9.17, 15) is 9.59 Å². The lowest BCUT2D eigenvalue weighted by atomic mass is 10.0. The van der Waals surface area contributed by atoms with Crippen LogP contribution in [0.3, 0.4) is 0 Å². The third-order valence-corrected chi connectivity index (χ3v) is 2.02. The minimum Gasteiger partial charge on any atom is -0.452 e. The Morgan fingerprint density at radius 3 is 2.64 bits per heavy atom. The average Bonchev–Trinajstić information content (AvgIpc) is 2.18. The summed E-state index contributed by atoms with van der Waals surface area (Å²) in [7, 11) is 0. The molecular weight excluding hydrogens is 180 g/mol. The van der Waals surface area contributed by atoms with Gasteiger partial charge in [0.2, 0.25) is 6.29 Å². The molecule has 0 aliphatic heterocycles. The van der Waals surface area contributed by atoms with Gasteiger partial charge < -0.3 is 4.74 Å². The minimum absolute atomic E-state index is 0.175. The topological polar surface area (TPSA) is 43.4 Å². The summed E-state index contributed by atoms with van der Waals surface area (Å²) >= 11 is 0. The maximum absolute atomic E-state index is 10.7. The van der Waals surface area contributed by atoms with E-state index < -0.39 is 5.97 Å². The first-order chi connectivity index (χ1) is 6.65.